The van der Waals surface area contributed by atoms with Crippen molar-refractivity contribution < 1.29 is 4.57 Å². The highest BCUT2D eigenvalue weighted by molar-refractivity contribution is 4.84. The maximum absolute atomic E-state index is 2.55. The zero-order chi connectivity index (χ0) is 21.0. The second-order valence-corrected chi connectivity index (χ2v) is 9.15. The molecule has 0 amide bonds. The molecule has 0 bridgehead atoms. The van der Waals surface area contributed by atoms with Crippen LogP contribution in [0.15, 0.2) is 12.4 Å². The molecular formula is C27H53N2+. The minimum Gasteiger partial charge on any atom is -0.234 e. The summed E-state index contributed by atoms with van der Waals surface area (Å²) >= 11 is 0. The summed E-state index contributed by atoms with van der Waals surface area (Å²) in [5, 5.41) is 0. The Morgan fingerprint density at radius 2 is 1.07 bits per heavy atom. The molecule has 0 spiro atoms. The Kier molecular flexibility index (Phi) is 17.4. The van der Waals surface area contributed by atoms with Crippen LogP contribution in [0.2, 0.25) is 0 Å². The van der Waals surface area contributed by atoms with Crippen molar-refractivity contribution in [3.8, 4) is 0 Å². The lowest BCUT2D eigenvalue weighted by atomic mass is 10.0. The largest absolute Gasteiger partial charge is 0.256 e. The van der Waals surface area contributed by atoms with E-state index in [-0.39, 0.29) is 0 Å². The van der Waals surface area contributed by atoms with E-state index >= 15 is 0 Å². The Morgan fingerprint density at radius 1 is 0.586 bits per heavy atom. The molecule has 0 unspecified atom stereocenters. The van der Waals surface area contributed by atoms with E-state index in [0.717, 1.165) is 0 Å². The standard InChI is InChI=1S/C27H53N2/c1-4-7-10-11-12-13-14-15-16-17-18-19-20-22-27-28(23-9-6-3)25-26-29(27)24-21-8-5-2/h25-26H,4-24H2,1-3H3/q+1. The minimum absolute atomic E-state index is 1.20. The fourth-order valence-corrected chi connectivity index (χ4v) is 4.35. The molecule has 0 atom stereocenters. The maximum atomic E-state index is 2.55. The van der Waals surface area contributed by atoms with E-state index in [1.807, 2.05) is 0 Å². The van der Waals surface area contributed by atoms with Gasteiger partial charge in [0.15, 0.2) is 0 Å². The number of unbranched alkanes of at least 4 members (excludes halogenated alkanes) is 15. The van der Waals surface area contributed by atoms with Gasteiger partial charge in [0, 0.05) is 6.42 Å². The van der Waals surface area contributed by atoms with Crippen molar-refractivity contribution in [3.63, 3.8) is 0 Å². The van der Waals surface area contributed by atoms with Gasteiger partial charge in [0.25, 0.3) is 5.82 Å². The molecule has 0 N–H and O–H groups in total. The van der Waals surface area contributed by atoms with E-state index in [2.05, 4.69) is 42.3 Å². The number of hydrogen-bond donors (Lipinski definition) is 0. The van der Waals surface area contributed by atoms with Crippen molar-refractivity contribution in [2.24, 2.45) is 0 Å². The highest BCUT2D eigenvalue weighted by Gasteiger charge is 2.16. The predicted octanol–water partition coefficient (Wildman–Crippen LogP) is 8.40. The average molecular weight is 406 g/mol. The Morgan fingerprint density at radius 3 is 1.62 bits per heavy atom. The first-order valence-corrected chi connectivity index (χ1v) is 13.4. The van der Waals surface area contributed by atoms with Crippen LogP contribution in [0.4, 0.5) is 0 Å². The van der Waals surface area contributed by atoms with Crippen LogP contribution in [0.3, 0.4) is 0 Å². The molecule has 1 rings (SSSR count). The maximum Gasteiger partial charge on any atom is 0.256 e. The Balaban J connectivity index is 2.13. The molecule has 2 nitrogen and oxygen atoms in total. The third-order valence-corrected chi connectivity index (χ3v) is 6.35. The Bertz CT molecular complexity index is 463. The van der Waals surface area contributed by atoms with Gasteiger partial charge in [-0.1, -0.05) is 111 Å². The molecule has 0 aromatic carbocycles. The fraction of sp³-hybridized carbons (Fsp3) is 0.889. The van der Waals surface area contributed by atoms with E-state index in [4.69, 9.17) is 0 Å². The summed E-state index contributed by atoms with van der Waals surface area (Å²) < 4.78 is 5.09. The molecule has 0 fully saturated rings. The van der Waals surface area contributed by atoms with Crippen LogP contribution in [0.5, 0.6) is 0 Å². The van der Waals surface area contributed by atoms with Crippen molar-refractivity contribution in [1.29, 1.82) is 0 Å². The van der Waals surface area contributed by atoms with Gasteiger partial charge in [0.1, 0.15) is 12.4 Å². The molecule has 29 heavy (non-hydrogen) atoms. The van der Waals surface area contributed by atoms with Crippen LogP contribution in [-0.2, 0) is 19.5 Å². The first-order chi connectivity index (χ1) is 14.3. The van der Waals surface area contributed by atoms with Crippen LogP contribution in [0, 0.1) is 0 Å². The first-order valence-electron chi connectivity index (χ1n) is 13.4. The number of rotatable bonds is 21. The smallest absolute Gasteiger partial charge is 0.234 e. The van der Waals surface area contributed by atoms with Gasteiger partial charge in [-0.3, -0.25) is 0 Å². The number of aryl methyl sites for hydroxylation is 2. The second-order valence-electron chi connectivity index (χ2n) is 9.15. The molecule has 0 aliphatic rings. The molecule has 1 heterocycles. The molecule has 170 valence electrons. The van der Waals surface area contributed by atoms with Gasteiger partial charge >= 0.3 is 0 Å². The van der Waals surface area contributed by atoms with E-state index in [9.17, 15) is 0 Å². The zero-order valence-corrected chi connectivity index (χ0v) is 20.4. The summed E-state index contributed by atoms with van der Waals surface area (Å²) in [6.07, 6.45) is 31.2. The monoisotopic (exact) mass is 405 g/mol. The van der Waals surface area contributed by atoms with Crippen molar-refractivity contribution >= 4 is 0 Å². The molecule has 0 radical (unpaired) electrons. The van der Waals surface area contributed by atoms with Gasteiger partial charge < -0.3 is 0 Å². The Labute approximate surface area is 183 Å². The Hall–Kier alpha value is -0.790. The third-order valence-electron chi connectivity index (χ3n) is 6.35. The van der Waals surface area contributed by atoms with Crippen LogP contribution < -0.4 is 4.57 Å². The summed E-state index contributed by atoms with van der Waals surface area (Å²) in [4.78, 5) is 0. The van der Waals surface area contributed by atoms with Gasteiger partial charge in [-0.2, -0.15) is 0 Å². The lowest BCUT2D eigenvalue weighted by Crippen LogP contribution is -2.37. The summed E-state index contributed by atoms with van der Waals surface area (Å²) in [5.41, 5.74) is 0. The summed E-state index contributed by atoms with van der Waals surface area (Å²) in [6, 6.07) is 0. The SMILES string of the molecule is CCCCCCCCCCCCCCCc1n(CCCC)cc[n+]1CCCCC. The second kappa shape index (κ2) is 19.2. The molecule has 1 aromatic heterocycles. The average Bonchev–Trinajstić information content (AvgIpc) is 3.11. The lowest BCUT2D eigenvalue weighted by Gasteiger charge is -2.06. The minimum atomic E-state index is 1.20. The van der Waals surface area contributed by atoms with Gasteiger partial charge in [-0.15, -0.1) is 0 Å². The van der Waals surface area contributed by atoms with E-state index in [1.54, 1.807) is 5.82 Å². The zero-order valence-electron chi connectivity index (χ0n) is 20.4. The summed E-state index contributed by atoms with van der Waals surface area (Å²) in [5.74, 6) is 1.58. The van der Waals surface area contributed by atoms with Crippen LogP contribution in [-0.4, -0.2) is 4.57 Å². The molecule has 0 saturated heterocycles. The molecule has 0 aliphatic carbocycles. The molecule has 0 aliphatic heterocycles. The third kappa shape index (κ3) is 13.2. The van der Waals surface area contributed by atoms with Crippen molar-refractivity contribution in [2.75, 3.05) is 0 Å². The molecule has 0 saturated carbocycles. The highest BCUT2D eigenvalue weighted by Crippen LogP contribution is 2.13. The lowest BCUT2D eigenvalue weighted by molar-refractivity contribution is -0.704. The molecule has 2 heteroatoms. The highest BCUT2D eigenvalue weighted by atomic mass is 15.1. The molecule has 1 aromatic rings. The predicted molar refractivity (Wildman–Crippen MR) is 128 cm³/mol. The molecular weight excluding hydrogens is 352 g/mol. The van der Waals surface area contributed by atoms with Crippen LogP contribution in [0.25, 0.3) is 0 Å². The number of hydrogen-bond acceptors (Lipinski definition) is 0. The summed E-state index contributed by atoms with van der Waals surface area (Å²) in [7, 11) is 0. The van der Waals surface area contributed by atoms with Crippen molar-refractivity contribution in [2.45, 2.75) is 156 Å². The van der Waals surface area contributed by atoms with E-state index in [1.165, 1.54) is 135 Å². The topological polar surface area (TPSA) is 8.81 Å². The van der Waals surface area contributed by atoms with Gasteiger partial charge in [0.05, 0.1) is 13.1 Å². The van der Waals surface area contributed by atoms with Crippen LogP contribution >= 0.6 is 0 Å². The van der Waals surface area contributed by atoms with Crippen molar-refractivity contribution in [1.82, 2.24) is 4.57 Å². The number of imidazole rings is 1. The summed E-state index contributed by atoms with van der Waals surface area (Å²) in [6.45, 7) is 9.30. The number of aromatic nitrogens is 2. The van der Waals surface area contributed by atoms with E-state index in [0.29, 0.717) is 0 Å². The van der Waals surface area contributed by atoms with Gasteiger partial charge in [0.2, 0.25) is 0 Å². The van der Waals surface area contributed by atoms with E-state index < -0.39 is 0 Å². The van der Waals surface area contributed by atoms with Gasteiger partial charge in [-0.05, 0) is 25.7 Å². The van der Waals surface area contributed by atoms with Gasteiger partial charge in [-0.25, -0.2) is 9.13 Å². The number of nitrogens with zero attached hydrogens (tertiary/aromatic N) is 2. The van der Waals surface area contributed by atoms with Crippen LogP contribution in [0.1, 0.15) is 142 Å². The quantitative estimate of drug-likeness (QED) is 0.143. The van der Waals surface area contributed by atoms with Crippen molar-refractivity contribution in [3.05, 3.63) is 18.2 Å². The normalized spacial score (nSPS) is 11.4. The fourth-order valence-electron chi connectivity index (χ4n) is 4.35. The first kappa shape index (κ1) is 26.2.